The van der Waals surface area contributed by atoms with Crippen molar-refractivity contribution < 1.29 is 13.9 Å². The first-order valence-corrected chi connectivity index (χ1v) is 4.84. The molecule has 0 amide bonds. The summed E-state index contributed by atoms with van der Waals surface area (Å²) in [7, 11) is 1.59. The van der Waals surface area contributed by atoms with Gasteiger partial charge in [-0.1, -0.05) is 6.07 Å². The van der Waals surface area contributed by atoms with Crippen LogP contribution in [0.4, 0.5) is 4.39 Å². The van der Waals surface area contributed by atoms with Crippen LogP contribution in [-0.4, -0.2) is 26.2 Å². The van der Waals surface area contributed by atoms with Gasteiger partial charge >= 0.3 is 0 Å². The number of ether oxygens (including phenoxy) is 2. The molecule has 0 atom stereocenters. The van der Waals surface area contributed by atoms with E-state index in [9.17, 15) is 4.39 Å². The van der Waals surface area contributed by atoms with Crippen molar-refractivity contribution in [1.82, 2.24) is 0 Å². The summed E-state index contributed by atoms with van der Waals surface area (Å²) in [5.41, 5.74) is 6.42. The summed E-state index contributed by atoms with van der Waals surface area (Å²) in [6, 6.07) is 4.12. The predicted molar refractivity (Wildman–Crippen MR) is 58.9 cm³/mol. The molecule has 5 heteroatoms. The molecular formula is C11H15FN2O2. The molecule has 0 aromatic heterocycles. The second-order valence-corrected chi connectivity index (χ2v) is 3.26. The second-order valence-electron chi connectivity index (χ2n) is 3.26. The highest BCUT2D eigenvalue weighted by Gasteiger charge is 2.06. The third kappa shape index (κ3) is 3.60. The highest BCUT2D eigenvalue weighted by Crippen LogP contribution is 2.12. The smallest absolute Gasteiger partial charge is 0.123 e. The molecule has 0 unspecified atom stereocenters. The Morgan fingerprint density at radius 3 is 2.81 bits per heavy atom. The number of hydrogen-bond acceptors (Lipinski definition) is 3. The fourth-order valence-corrected chi connectivity index (χ4v) is 1.25. The molecule has 1 aromatic carbocycles. The van der Waals surface area contributed by atoms with Crippen LogP contribution in [0.1, 0.15) is 11.1 Å². The van der Waals surface area contributed by atoms with Crippen molar-refractivity contribution in [3.8, 4) is 0 Å². The molecule has 0 saturated carbocycles. The Morgan fingerprint density at radius 1 is 1.44 bits per heavy atom. The molecule has 0 aliphatic rings. The summed E-state index contributed by atoms with van der Waals surface area (Å²) < 4.78 is 23.1. The summed E-state index contributed by atoms with van der Waals surface area (Å²) in [5, 5.41) is 7.32. The Kier molecular flexibility index (Phi) is 4.88. The summed E-state index contributed by atoms with van der Waals surface area (Å²) in [4.78, 5) is 0. The number of nitrogens with two attached hydrogens (primary N) is 1. The van der Waals surface area contributed by atoms with Crippen LogP contribution in [0.2, 0.25) is 0 Å². The highest BCUT2D eigenvalue weighted by molar-refractivity contribution is 5.96. The molecule has 0 spiro atoms. The molecular weight excluding hydrogens is 211 g/mol. The van der Waals surface area contributed by atoms with E-state index in [0.717, 1.165) is 0 Å². The Balaban J connectivity index is 2.67. The molecule has 1 rings (SSSR count). The summed E-state index contributed by atoms with van der Waals surface area (Å²) >= 11 is 0. The third-order valence-corrected chi connectivity index (χ3v) is 2.05. The lowest BCUT2D eigenvalue weighted by molar-refractivity contribution is 0.0616. The number of benzene rings is 1. The number of nitrogens with one attached hydrogen (secondary N) is 1. The first-order chi connectivity index (χ1) is 7.65. The lowest BCUT2D eigenvalue weighted by atomic mass is 10.1. The van der Waals surface area contributed by atoms with Crippen LogP contribution in [0.5, 0.6) is 0 Å². The van der Waals surface area contributed by atoms with E-state index in [1.807, 2.05) is 0 Å². The molecule has 4 nitrogen and oxygen atoms in total. The van der Waals surface area contributed by atoms with Crippen molar-refractivity contribution in [2.45, 2.75) is 6.61 Å². The van der Waals surface area contributed by atoms with Crippen LogP contribution in [0.3, 0.4) is 0 Å². The number of methoxy groups -OCH3 is 1. The fraction of sp³-hybridized carbons (Fsp3) is 0.364. The minimum atomic E-state index is -0.411. The minimum Gasteiger partial charge on any atom is -0.384 e. The lowest BCUT2D eigenvalue weighted by Crippen LogP contribution is -2.15. The molecule has 0 bridgehead atoms. The summed E-state index contributed by atoms with van der Waals surface area (Å²) in [5.74, 6) is -0.573. The average molecular weight is 226 g/mol. The minimum absolute atomic E-state index is 0.162. The molecule has 0 aliphatic carbocycles. The van der Waals surface area contributed by atoms with E-state index < -0.39 is 5.82 Å². The quantitative estimate of drug-likeness (QED) is 0.436. The third-order valence-electron chi connectivity index (χ3n) is 2.05. The van der Waals surface area contributed by atoms with Crippen molar-refractivity contribution in [3.05, 3.63) is 35.1 Å². The molecule has 3 N–H and O–H groups in total. The van der Waals surface area contributed by atoms with Crippen molar-refractivity contribution in [1.29, 1.82) is 5.41 Å². The second kappa shape index (κ2) is 6.19. The topological polar surface area (TPSA) is 68.3 Å². The zero-order valence-electron chi connectivity index (χ0n) is 9.13. The summed E-state index contributed by atoms with van der Waals surface area (Å²) in [6.07, 6.45) is 0. The maximum atomic E-state index is 12.9. The number of nitrogen functional groups attached to an aromatic ring is 1. The maximum Gasteiger partial charge on any atom is 0.123 e. The number of rotatable bonds is 6. The molecule has 1 aromatic rings. The molecule has 0 fully saturated rings. The van der Waals surface area contributed by atoms with Crippen LogP contribution in [0.25, 0.3) is 0 Å². The average Bonchev–Trinajstić information content (AvgIpc) is 2.26. The van der Waals surface area contributed by atoms with E-state index in [-0.39, 0.29) is 5.84 Å². The van der Waals surface area contributed by atoms with Crippen molar-refractivity contribution in [3.63, 3.8) is 0 Å². The predicted octanol–water partition coefficient (Wildman–Crippen LogP) is 1.27. The molecule has 0 heterocycles. The van der Waals surface area contributed by atoms with Gasteiger partial charge in [-0.2, -0.15) is 0 Å². The first kappa shape index (κ1) is 12.6. The van der Waals surface area contributed by atoms with Gasteiger partial charge in [0, 0.05) is 12.7 Å². The molecule has 0 radical (unpaired) electrons. The molecule has 0 aliphatic heterocycles. The Hall–Kier alpha value is -1.46. The standard InChI is InChI=1S/C11H15FN2O2/c1-15-4-5-16-7-8-2-3-9(12)6-10(8)11(13)14/h2-3,6H,4-5,7H2,1H3,(H3,13,14). The number of hydrogen-bond donors (Lipinski definition) is 2. The van der Waals surface area contributed by atoms with Gasteiger partial charge in [-0.15, -0.1) is 0 Å². The highest BCUT2D eigenvalue weighted by atomic mass is 19.1. The van der Waals surface area contributed by atoms with Gasteiger partial charge in [-0.3, -0.25) is 5.41 Å². The number of amidine groups is 1. The van der Waals surface area contributed by atoms with Crippen molar-refractivity contribution in [2.24, 2.45) is 5.73 Å². The van der Waals surface area contributed by atoms with Gasteiger partial charge in [0.15, 0.2) is 0 Å². The fourth-order valence-electron chi connectivity index (χ4n) is 1.25. The Bertz CT molecular complexity index is 369. The van der Waals surface area contributed by atoms with Gasteiger partial charge in [0.25, 0.3) is 0 Å². The van der Waals surface area contributed by atoms with E-state index in [2.05, 4.69) is 0 Å². The van der Waals surface area contributed by atoms with Gasteiger partial charge in [0.2, 0.25) is 0 Å². The van der Waals surface area contributed by atoms with E-state index in [1.165, 1.54) is 12.1 Å². The van der Waals surface area contributed by atoms with Crippen LogP contribution < -0.4 is 5.73 Å². The van der Waals surface area contributed by atoms with Gasteiger partial charge in [0.1, 0.15) is 11.7 Å². The van der Waals surface area contributed by atoms with Gasteiger partial charge < -0.3 is 15.2 Å². The van der Waals surface area contributed by atoms with Gasteiger partial charge in [-0.25, -0.2) is 4.39 Å². The van der Waals surface area contributed by atoms with Crippen LogP contribution in [0, 0.1) is 11.2 Å². The molecule has 88 valence electrons. The van der Waals surface area contributed by atoms with E-state index >= 15 is 0 Å². The number of halogens is 1. The SMILES string of the molecule is COCCOCc1ccc(F)cc1C(=N)N. The normalized spacial score (nSPS) is 10.4. The van der Waals surface area contributed by atoms with Crippen LogP contribution in [0.15, 0.2) is 18.2 Å². The largest absolute Gasteiger partial charge is 0.384 e. The van der Waals surface area contributed by atoms with Gasteiger partial charge in [-0.05, 0) is 17.7 Å². The first-order valence-electron chi connectivity index (χ1n) is 4.84. The Morgan fingerprint density at radius 2 is 2.19 bits per heavy atom. The van der Waals surface area contributed by atoms with E-state index in [4.69, 9.17) is 20.6 Å². The van der Waals surface area contributed by atoms with E-state index in [0.29, 0.717) is 30.9 Å². The van der Waals surface area contributed by atoms with Crippen LogP contribution >= 0.6 is 0 Å². The maximum absolute atomic E-state index is 12.9. The monoisotopic (exact) mass is 226 g/mol. The van der Waals surface area contributed by atoms with Crippen molar-refractivity contribution >= 4 is 5.84 Å². The zero-order valence-corrected chi connectivity index (χ0v) is 9.13. The van der Waals surface area contributed by atoms with Crippen LogP contribution in [-0.2, 0) is 16.1 Å². The van der Waals surface area contributed by atoms with E-state index in [1.54, 1.807) is 13.2 Å². The Labute approximate surface area is 93.7 Å². The lowest BCUT2D eigenvalue weighted by Gasteiger charge is -2.09. The zero-order chi connectivity index (χ0) is 12.0. The molecule has 0 saturated heterocycles. The summed E-state index contributed by atoms with van der Waals surface area (Å²) in [6.45, 7) is 1.24. The van der Waals surface area contributed by atoms with Gasteiger partial charge in [0.05, 0.1) is 19.8 Å². The van der Waals surface area contributed by atoms with Crippen molar-refractivity contribution in [2.75, 3.05) is 20.3 Å². The molecule has 16 heavy (non-hydrogen) atoms.